The highest BCUT2D eigenvalue weighted by atomic mass is 16.6. The van der Waals surface area contributed by atoms with Crippen molar-refractivity contribution < 1.29 is 23.7 Å². The van der Waals surface area contributed by atoms with E-state index in [1.807, 2.05) is 49.4 Å². The zero-order valence-electron chi connectivity index (χ0n) is 16.5. The number of nitrogens with zero attached hydrogens (tertiary/aromatic N) is 1. The molecule has 0 saturated heterocycles. The van der Waals surface area contributed by atoms with Gasteiger partial charge < -0.3 is 23.8 Å². The van der Waals surface area contributed by atoms with Gasteiger partial charge >= 0.3 is 0 Å². The maximum absolute atomic E-state index is 12.6. The first kappa shape index (κ1) is 19.9. The average molecular weight is 385 g/mol. The molecule has 3 rings (SSSR count). The summed E-state index contributed by atoms with van der Waals surface area (Å²) in [6.45, 7) is 6.77. The molecular formula is C22H27NO5. The zero-order chi connectivity index (χ0) is 19.8. The summed E-state index contributed by atoms with van der Waals surface area (Å²) in [7, 11) is 0. The third-order valence-corrected chi connectivity index (χ3v) is 4.40. The largest absolute Gasteiger partial charge is 0.494 e. The van der Waals surface area contributed by atoms with Crippen molar-refractivity contribution in [2.45, 2.75) is 26.8 Å². The fourth-order valence-electron chi connectivity index (χ4n) is 2.93. The number of para-hydroxylation sites is 1. The molecule has 1 heterocycles. The van der Waals surface area contributed by atoms with Crippen molar-refractivity contribution in [3.8, 4) is 23.0 Å². The van der Waals surface area contributed by atoms with Crippen LogP contribution >= 0.6 is 0 Å². The highest BCUT2D eigenvalue weighted by Gasteiger charge is 2.20. The number of amides is 1. The number of rotatable bonds is 9. The predicted molar refractivity (Wildman–Crippen MR) is 106 cm³/mol. The van der Waals surface area contributed by atoms with Crippen molar-refractivity contribution in [3.63, 3.8) is 0 Å². The van der Waals surface area contributed by atoms with Crippen LogP contribution in [0, 0.1) is 0 Å². The van der Waals surface area contributed by atoms with Gasteiger partial charge in [-0.1, -0.05) is 19.1 Å². The van der Waals surface area contributed by atoms with Crippen LogP contribution in [-0.2, 0) is 11.3 Å². The van der Waals surface area contributed by atoms with Crippen LogP contribution in [0.5, 0.6) is 23.0 Å². The van der Waals surface area contributed by atoms with E-state index in [4.69, 9.17) is 18.9 Å². The molecule has 28 heavy (non-hydrogen) atoms. The summed E-state index contributed by atoms with van der Waals surface area (Å²) >= 11 is 0. The first-order chi connectivity index (χ1) is 13.7. The Morgan fingerprint density at radius 1 is 1.00 bits per heavy atom. The van der Waals surface area contributed by atoms with E-state index >= 15 is 0 Å². The lowest BCUT2D eigenvalue weighted by atomic mass is 10.1. The smallest absolute Gasteiger partial charge is 0.260 e. The van der Waals surface area contributed by atoms with Crippen LogP contribution in [0.15, 0.2) is 42.5 Å². The highest BCUT2D eigenvalue weighted by Crippen LogP contribution is 2.34. The standard InChI is InChI=1S/C22H27NO5/c1-3-12-25-18-8-10-19(11-9-18)28-16-21(24)23(4-2)15-17-6-5-7-20-22(17)27-14-13-26-20/h5-11H,3-4,12-16H2,1-2H3. The summed E-state index contributed by atoms with van der Waals surface area (Å²) in [6.07, 6.45) is 0.960. The molecule has 150 valence electrons. The molecule has 0 spiro atoms. The van der Waals surface area contributed by atoms with Gasteiger partial charge in [0.25, 0.3) is 5.91 Å². The van der Waals surface area contributed by atoms with Gasteiger partial charge in [0.05, 0.1) is 6.61 Å². The SMILES string of the molecule is CCCOc1ccc(OCC(=O)N(CC)Cc2cccc3c2OCCO3)cc1. The van der Waals surface area contributed by atoms with E-state index in [0.29, 0.717) is 38.7 Å². The van der Waals surface area contributed by atoms with Crippen molar-refractivity contribution in [2.75, 3.05) is 33.0 Å². The molecule has 1 aliphatic heterocycles. The number of fused-ring (bicyclic) bond motifs is 1. The molecule has 0 saturated carbocycles. The number of carbonyl (C=O) groups excluding carboxylic acids is 1. The summed E-state index contributed by atoms with van der Waals surface area (Å²) in [6, 6.07) is 13.1. The van der Waals surface area contributed by atoms with Gasteiger partial charge in [0.2, 0.25) is 0 Å². The molecule has 0 N–H and O–H groups in total. The van der Waals surface area contributed by atoms with E-state index in [1.54, 1.807) is 4.90 Å². The number of hydrogen-bond donors (Lipinski definition) is 0. The second-order valence-electron chi connectivity index (χ2n) is 6.46. The Labute approximate surface area is 166 Å². The third-order valence-electron chi connectivity index (χ3n) is 4.40. The van der Waals surface area contributed by atoms with Crippen LogP contribution in [0.4, 0.5) is 0 Å². The first-order valence-electron chi connectivity index (χ1n) is 9.72. The van der Waals surface area contributed by atoms with E-state index in [-0.39, 0.29) is 12.5 Å². The van der Waals surface area contributed by atoms with Gasteiger partial charge in [0.15, 0.2) is 18.1 Å². The second kappa shape index (κ2) is 9.88. The van der Waals surface area contributed by atoms with Crippen LogP contribution < -0.4 is 18.9 Å². The maximum atomic E-state index is 12.6. The molecule has 0 atom stereocenters. The number of carbonyl (C=O) groups is 1. The van der Waals surface area contributed by atoms with E-state index in [9.17, 15) is 4.79 Å². The van der Waals surface area contributed by atoms with Gasteiger partial charge in [-0.3, -0.25) is 4.79 Å². The van der Waals surface area contributed by atoms with Crippen molar-refractivity contribution in [1.82, 2.24) is 4.90 Å². The Bertz CT molecular complexity index is 775. The van der Waals surface area contributed by atoms with Gasteiger partial charge in [-0.25, -0.2) is 0 Å². The second-order valence-corrected chi connectivity index (χ2v) is 6.46. The summed E-state index contributed by atoms with van der Waals surface area (Å²) in [4.78, 5) is 14.4. The van der Waals surface area contributed by atoms with Crippen molar-refractivity contribution >= 4 is 5.91 Å². The monoisotopic (exact) mass is 385 g/mol. The Balaban J connectivity index is 1.57. The highest BCUT2D eigenvalue weighted by molar-refractivity contribution is 5.78. The molecule has 1 aliphatic rings. The van der Waals surface area contributed by atoms with Gasteiger partial charge in [0.1, 0.15) is 24.7 Å². The minimum Gasteiger partial charge on any atom is -0.494 e. The number of benzene rings is 2. The fraction of sp³-hybridized carbons (Fsp3) is 0.409. The fourth-order valence-corrected chi connectivity index (χ4v) is 2.93. The van der Waals surface area contributed by atoms with Gasteiger partial charge in [-0.05, 0) is 43.7 Å². The quantitative estimate of drug-likeness (QED) is 0.659. The molecule has 0 radical (unpaired) electrons. The molecule has 0 fully saturated rings. The summed E-state index contributed by atoms with van der Waals surface area (Å²) in [5, 5.41) is 0. The predicted octanol–water partition coefficient (Wildman–Crippen LogP) is 3.67. The lowest BCUT2D eigenvalue weighted by Crippen LogP contribution is -2.34. The van der Waals surface area contributed by atoms with Gasteiger partial charge in [-0.2, -0.15) is 0 Å². The normalized spacial score (nSPS) is 12.4. The molecule has 0 aromatic heterocycles. The zero-order valence-corrected chi connectivity index (χ0v) is 16.5. The minimum atomic E-state index is -0.0804. The van der Waals surface area contributed by atoms with Gasteiger partial charge in [-0.15, -0.1) is 0 Å². The minimum absolute atomic E-state index is 0.0185. The maximum Gasteiger partial charge on any atom is 0.260 e. The van der Waals surface area contributed by atoms with Crippen LogP contribution in [0.3, 0.4) is 0 Å². The number of likely N-dealkylation sites (N-methyl/N-ethyl adjacent to an activating group) is 1. The van der Waals surface area contributed by atoms with E-state index < -0.39 is 0 Å². The Kier molecular flexibility index (Phi) is 7.00. The lowest BCUT2D eigenvalue weighted by molar-refractivity contribution is -0.133. The third kappa shape index (κ3) is 5.09. The molecule has 6 heteroatoms. The molecule has 0 bridgehead atoms. The molecule has 2 aromatic rings. The Hall–Kier alpha value is -2.89. The molecule has 6 nitrogen and oxygen atoms in total. The van der Waals surface area contributed by atoms with Gasteiger partial charge in [0, 0.05) is 18.7 Å². The van der Waals surface area contributed by atoms with Crippen molar-refractivity contribution in [3.05, 3.63) is 48.0 Å². The summed E-state index contributed by atoms with van der Waals surface area (Å²) < 4.78 is 22.6. The van der Waals surface area contributed by atoms with E-state index in [1.165, 1.54) is 0 Å². The van der Waals surface area contributed by atoms with E-state index in [2.05, 4.69) is 6.92 Å². The average Bonchev–Trinajstić information content (AvgIpc) is 2.75. The molecule has 1 amide bonds. The number of ether oxygens (including phenoxy) is 4. The van der Waals surface area contributed by atoms with Crippen LogP contribution in [0.2, 0.25) is 0 Å². The summed E-state index contributed by atoms with van der Waals surface area (Å²) in [5.74, 6) is 2.81. The van der Waals surface area contributed by atoms with Crippen LogP contribution in [0.25, 0.3) is 0 Å². The number of hydrogen-bond acceptors (Lipinski definition) is 5. The van der Waals surface area contributed by atoms with Crippen molar-refractivity contribution in [1.29, 1.82) is 0 Å². The van der Waals surface area contributed by atoms with Crippen molar-refractivity contribution in [2.24, 2.45) is 0 Å². The molecule has 0 unspecified atom stereocenters. The molecule has 2 aromatic carbocycles. The lowest BCUT2D eigenvalue weighted by Gasteiger charge is -2.25. The van der Waals surface area contributed by atoms with Crippen LogP contribution in [0.1, 0.15) is 25.8 Å². The Morgan fingerprint density at radius 2 is 1.71 bits per heavy atom. The van der Waals surface area contributed by atoms with Crippen LogP contribution in [-0.4, -0.2) is 43.8 Å². The summed E-state index contributed by atoms with van der Waals surface area (Å²) in [5.41, 5.74) is 0.935. The molecule has 0 aliphatic carbocycles. The van der Waals surface area contributed by atoms with E-state index in [0.717, 1.165) is 29.2 Å². The Morgan fingerprint density at radius 3 is 2.43 bits per heavy atom. The first-order valence-corrected chi connectivity index (χ1v) is 9.72. The molecular weight excluding hydrogens is 358 g/mol. The topological polar surface area (TPSA) is 57.2 Å².